The van der Waals surface area contributed by atoms with E-state index in [0.717, 1.165) is 12.8 Å². The van der Waals surface area contributed by atoms with E-state index in [1.54, 1.807) is 12.3 Å². The predicted octanol–water partition coefficient (Wildman–Crippen LogP) is 1.01. The van der Waals surface area contributed by atoms with E-state index < -0.39 is 11.9 Å². The van der Waals surface area contributed by atoms with Gasteiger partial charge in [-0.3, -0.25) is 19.1 Å². The number of hydrogen-bond acceptors (Lipinski definition) is 4. The van der Waals surface area contributed by atoms with Gasteiger partial charge in [-0.15, -0.1) is 0 Å². The van der Waals surface area contributed by atoms with Crippen LogP contribution >= 0.6 is 0 Å². The normalized spacial score (nSPS) is 12.5. The molecular formula is C13H16N4O2. The van der Waals surface area contributed by atoms with Gasteiger partial charge in [0.15, 0.2) is 0 Å². The smallest absolute Gasteiger partial charge is 0.263 e. The number of unbranched alkanes of at least 4 members (excludes halogenated alkanes) is 1. The van der Waals surface area contributed by atoms with Crippen molar-refractivity contribution >= 4 is 16.8 Å². The van der Waals surface area contributed by atoms with Gasteiger partial charge < -0.3 is 5.73 Å². The van der Waals surface area contributed by atoms with E-state index in [9.17, 15) is 9.59 Å². The number of primary amides is 1. The predicted molar refractivity (Wildman–Crippen MR) is 71.6 cm³/mol. The molecule has 0 radical (unpaired) electrons. The Morgan fingerprint density at radius 3 is 3.00 bits per heavy atom. The molecule has 2 heterocycles. The van der Waals surface area contributed by atoms with Crippen molar-refractivity contribution in [1.82, 2.24) is 14.5 Å². The summed E-state index contributed by atoms with van der Waals surface area (Å²) in [6.45, 7) is 2.02. The highest BCUT2D eigenvalue weighted by atomic mass is 16.2. The SMILES string of the molecule is CCCC[C@H](C(N)=O)n1cnc2ccncc2c1=O. The summed E-state index contributed by atoms with van der Waals surface area (Å²) in [6.07, 6.45) is 6.71. The summed E-state index contributed by atoms with van der Waals surface area (Å²) in [5.41, 5.74) is 5.67. The van der Waals surface area contributed by atoms with Crippen molar-refractivity contribution in [3.8, 4) is 0 Å². The molecule has 0 spiro atoms. The first-order valence-corrected chi connectivity index (χ1v) is 6.25. The minimum Gasteiger partial charge on any atom is -0.368 e. The molecule has 2 rings (SSSR count). The highest BCUT2D eigenvalue weighted by Crippen LogP contribution is 2.14. The summed E-state index contributed by atoms with van der Waals surface area (Å²) in [4.78, 5) is 31.9. The fourth-order valence-electron chi connectivity index (χ4n) is 2.02. The number of nitrogens with two attached hydrogens (primary N) is 1. The third-order valence-electron chi connectivity index (χ3n) is 3.08. The third kappa shape index (κ3) is 2.62. The van der Waals surface area contributed by atoms with E-state index in [1.165, 1.54) is 17.1 Å². The number of amides is 1. The largest absolute Gasteiger partial charge is 0.368 e. The highest BCUT2D eigenvalue weighted by molar-refractivity contribution is 5.80. The van der Waals surface area contributed by atoms with Gasteiger partial charge in [0.2, 0.25) is 5.91 Å². The maximum Gasteiger partial charge on any atom is 0.263 e. The van der Waals surface area contributed by atoms with Crippen LogP contribution < -0.4 is 11.3 Å². The Kier molecular flexibility index (Phi) is 3.89. The number of carbonyl (C=O) groups is 1. The number of fused-ring (bicyclic) bond motifs is 1. The van der Waals surface area contributed by atoms with Gasteiger partial charge in [0, 0.05) is 12.4 Å². The molecule has 1 atom stereocenters. The van der Waals surface area contributed by atoms with Gasteiger partial charge in [-0.25, -0.2) is 4.98 Å². The lowest BCUT2D eigenvalue weighted by Crippen LogP contribution is -2.34. The van der Waals surface area contributed by atoms with E-state index in [1.807, 2.05) is 6.92 Å². The summed E-state index contributed by atoms with van der Waals surface area (Å²) in [7, 11) is 0. The number of hydrogen-bond donors (Lipinski definition) is 1. The molecule has 0 unspecified atom stereocenters. The van der Waals surface area contributed by atoms with Crippen molar-refractivity contribution in [3.63, 3.8) is 0 Å². The van der Waals surface area contributed by atoms with Crippen molar-refractivity contribution in [2.75, 3.05) is 0 Å². The molecule has 0 bridgehead atoms. The number of nitrogens with zero attached hydrogens (tertiary/aromatic N) is 3. The van der Waals surface area contributed by atoms with Gasteiger partial charge in [0.05, 0.1) is 17.2 Å². The molecule has 0 fully saturated rings. The molecule has 0 aromatic carbocycles. The molecule has 0 aliphatic heterocycles. The number of carbonyl (C=O) groups excluding carboxylic acids is 1. The van der Waals surface area contributed by atoms with Crippen molar-refractivity contribution in [2.45, 2.75) is 32.2 Å². The molecule has 0 saturated heterocycles. The van der Waals surface area contributed by atoms with E-state index in [2.05, 4.69) is 9.97 Å². The molecule has 6 heteroatoms. The summed E-state index contributed by atoms with van der Waals surface area (Å²) in [6, 6.07) is 1.01. The number of rotatable bonds is 5. The van der Waals surface area contributed by atoms with E-state index in [4.69, 9.17) is 5.73 Å². The first-order valence-electron chi connectivity index (χ1n) is 6.25. The Morgan fingerprint density at radius 1 is 1.53 bits per heavy atom. The van der Waals surface area contributed by atoms with Crippen LogP contribution in [0.1, 0.15) is 32.2 Å². The van der Waals surface area contributed by atoms with Crippen LogP contribution in [0.4, 0.5) is 0 Å². The second-order valence-corrected chi connectivity index (χ2v) is 4.41. The Hall–Kier alpha value is -2.24. The monoisotopic (exact) mass is 260 g/mol. The van der Waals surface area contributed by atoms with Crippen LogP contribution in [0.5, 0.6) is 0 Å². The highest BCUT2D eigenvalue weighted by Gasteiger charge is 2.19. The van der Waals surface area contributed by atoms with Crippen molar-refractivity contribution < 1.29 is 4.79 Å². The van der Waals surface area contributed by atoms with Crippen molar-refractivity contribution in [2.24, 2.45) is 5.73 Å². The molecule has 2 aromatic heterocycles. The number of aromatic nitrogens is 3. The summed E-state index contributed by atoms with van der Waals surface area (Å²) < 4.78 is 1.31. The molecule has 100 valence electrons. The average molecular weight is 260 g/mol. The minimum atomic E-state index is -0.649. The van der Waals surface area contributed by atoms with Gasteiger partial charge in [0.25, 0.3) is 5.56 Å². The quantitative estimate of drug-likeness (QED) is 0.868. The Bertz CT molecular complexity index is 650. The fraction of sp³-hybridized carbons (Fsp3) is 0.385. The van der Waals surface area contributed by atoms with Crippen LogP contribution in [0.15, 0.2) is 29.6 Å². The fourth-order valence-corrected chi connectivity index (χ4v) is 2.02. The lowest BCUT2D eigenvalue weighted by molar-refractivity contribution is -0.121. The van der Waals surface area contributed by atoms with Crippen LogP contribution in [-0.4, -0.2) is 20.4 Å². The van der Waals surface area contributed by atoms with Crippen molar-refractivity contribution in [1.29, 1.82) is 0 Å². The molecule has 2 aromatic rings. The topological polar surface area (TPSA) is 90.9 Å². The van der Waals surface area contributed by atoms with E-state index >= 15 is 0 Å². The van der Waals surface area contributed by atoms with Crippen LogP contribution in [0.3, 0.4) is 0 Å². The molecule has 0 saturated carbocycles. The van der Waals surface area contributed by atoms with Crippen LogP contribution in [-0.2, 0) is 4.79 Å². The minimum absolute atomic E-state index is 0.280. The van der Waals surface area contributed by atoms with Gasteiger partial charge in [-0.2, -0.15) is 0 Å². The van der Waals surface area contributed by atoms with Gasteiger partial charge >= 0.3 is 0 Å². The Labute approximate surface area is 110 Å². The second kappa shape index (κ2) is 5.60. The van der Waals surface area contributed by atoms with Gasteiger partial charge in [0.1, 0.15) is 6.04 Å². The molecule has 2 N–H and O–H groups in total. The van der Waals surface area contributed by atoms with E-state index in [0.29, 0.717) is 17.3 Å². The molecule has 1 amide bonds. The first kappa shape index (κ1) is 13.2. The Balaban J connectivity index is 2.51. The van der Waals surface area contributed by atoms with Crippen LogP contribution in [0.25, 0.3) is 10.9 Å². The maximum absolute atomic E-state index is 12.3. The molecule has 6 nitrogen and oxygen atoms in total. The molecule has 19 heavy (non-hydrogen) atoms. The van der Waals surface area contributed by atoms with Gasteiger partial charge in [-0.1, -0.05) is 19.8 Å². The second-order valence-electron chi connectivity index (χ2n) is 4.41. The summed E-state index contributed by atoms with van der Waals surface area (Å²) in [5.74, 6) is -0.513. The van der Waals surface area contributed by atoms with Crippen LogP contribution in [0, 0.1) is 0 Å². The lowest BCUT2D eigenvalue weighted by Gasteiger charge is -2.16. The molecule has 0 aliphatic carbocycles. The Morgan fingerprint density at radius 2 is 2.32 bits per heavy atom. The summed E-state index contributed by atoms with van der Waals surface area (Å²) in [5, 5.41) is 0.396. The van der Waals surface area contributed by atoms with Gasteiger partial charge in [-0.05, 0) is 12.5 Å². The lowest BCUT2D eigenvalue weighted by atomic mass is 10.1. The van der Waals surface area contributed by atoms with Crippen LogP contribution in [0.2, 0.25) is 0 Å². The zero-order valence-corrected chi connectivity index (χ0v) is 10.7. The van der Waals surface area contributed by atoms with E-state index in [-0.39, 0.29) is 5.56 Å². The van der Waals surface area contributed by atoms with Crippen molar-refractivity contribution in [3.05, 3.63) is 35.1 Å². The molecule has 0 aliphatic rings. The zero-order valence-electron chi connectivity index (χ0n) is 10.7. The average Bonchev–Trinajstić information content (AvgIpc) is 2.41. The number of pyridine rings is 1. The third-order valence-corrected chi connectivity index (χ3v) is 3.08. The zero-order chi connectivity index (χ0) is 13.8. The maximum atomic E-state index is 12.3. The summed E-state index contributed by atoms with van der Waals surface area (Å²) >= 11 is 0. The molecular weight excluding hydrogens is 244 g/mol. The first-order chi connectivity index (χ1) is 9.15. The standard InChI is InChI=1S/C13H16N4O2/c1-2-3-4-11(12(14)18)17-8-16-10-5-6-15-7-9(10)13(17)19/h5-8,11H,2-4H2,1H3,(H2,14,18)/t11-/m1/s1.